The van der Waals surface area contributed by atoms with Gasteiger partial charge in [0.25, 0.3) is 0 Å². The number of rotatable bonds is 6. The molecule has 1 heterocycles. The second kappa shape index (κ2) is 5.67. The van der Waals surface area contributed by atoms with Crippen molar-refractivity contribution in [3.05, 3.63) is 0 Å². The lowest BCUT2D eigenvalue weighted by atomic mass is 9.84. The molecule has 0 spiro atoms. The predicted molar refractivity (Wildman–Crippen MR) is 65.5 cm³/mol. The number of hydrogen-bond donors (Lipinski definition) is 1. The fraction of sp³-hybridized carbons (Fsp3) is 0.923. The van der Waals surface area contributed by atoms with Crippen LogP contribution < -0.4 is 0 Å². The summed E-state index contributed by atoms with van der Waals surface area (Å²) in [6, 6.07) is 0.718. The summed E-state index contributed by atoms with van der Waals surface area (Å²) in [5.74, 6) is -0.678. The Balaban J connectivity index is 2.26. The van der Waals surface area contributed by atoms with Gasteiger partial charge in [0, 0.05) is 12.5 Å². The number of carbonyl (C=O) groups is 1. The van der Waals surface area contributed by atoms with Crippen molar-refractivity contribution in [2.75, 3.05) is 13.1 Å². The van der Waals surface area contributed by atoms with Gasteiger partial charge in [-0.2, -0.15) is 0 Å². The van der Waals surface area contributed by atoms with E-state index in [2.05, 4.69) is 25.7 Å². The van der Waals surface area contributed by atoms with E-state index in [1.165, 1.54) is 19.4 Å². The van der Waals surface area contributed by atoms with Crippen molar-refractivity contribution >= 4 is 5.97 Å². The van der Waals surface area contributed by atoms with Gasteiger partial charge in [0.2, 0.25) is 0 Å². The molecule has 0 aromatic carbocycles. The summed E-state index contributed by atoms with van der Waals surface area (Å²) >= 11 is 0. The van der Waals surface area contributed by atoms with Crippen LogP contribution in [0.4, 0.5) is 0 Å². The van der Waals surface area contributed by atoms with Crippen molar-refractivity contribution in [1.82, 2.24) is 4.90 Å². The summed E-state index contributed by atoms with van der Waals surface area (Å²) in [4.78, 5) is 13.1. The zero-order chi connectivity index (χ0) is 12.2. The standard InChI is InChI=1S/C13H25NO2/c1-11-5-4-9-14(11)10-8-13(2,3)7-6-12(15)16/h11H,4-10H2,1-3H3,(H,15,16). The van der Waals surface area contributed by atoms with Gasteiger partial charge in [-0.3, -0.25) is 4.79 Å². The smallest absolute Gasteiger partial charge is 0.303 e. The first-order valence-electron chi connectivity index (χ1n) is 6.36. The SMILES string of the molecule is CC1CCCN1CCC(C)(C)CCC(=O)O. The van der Waals surface area contributed by atoms with E-state index < -0.39 is 5.97 Å². The molecule has 1 atom stereocenters. The highest BCUT2D eigenvalue weighted by atomic mass is 16.4. The van der Waals surface area contributed by atoms with Gasteiger partial charge in [-0.15, -0.1) is 0 Å². The summed E-state index contributed by atoms with van der Waals surface area (Å²) < 4.78 is 0. The topological polar surface area (TPSA) is 40.5 Å². The zero-order valence-corrected chi connectivity index (χ0v) is 10.8. The Kier molecular flexibility index (Phi) is 4.78. The van der Waals surface area contributed by atoms with Crippen LogP contribution in [0.3, 0.4) is 0 Å². The largest absolute Gasteiger partial charge is 0.481 e. The fourth-order valence-corrected chi connectivity index (χ4v) is 2.34. The highest BCUT2D eigenvalue weighted by molar-refractivity contribution is 5.66. The van der Waals surface area contributed by atoms with Crippen molar-refractivity contribution in [3.63, 3.8) is 0 Å². The second-order valence-corrected chi connectivity index (χ2v) is 5.84. The van der Waals surface area contributed by atoms with E-state index in [4.69, 9.17) is 5.11 Å². The third-order valence-corrected chi connectivity index (χ3v) is 3.78. The summed E-state index contributed by atoms with van der Waals surface area (Å²) in [6.45, 7) is 8.98. The van der Waals surface area contributed by atoms with Crippen LogP contribution in [-0.4, -0.2) is 35.1 Å². The molecule has 1 fully saturated rings. The van der Waals surface area contributed by atoms with Gasteiger partial charge >= 0.3 is 5.97 Å². The number of likely N-dealkylation sites (tertiary alicyclic amines) is 1. The normalized spacial score (nSPS) is 22.6. The van der Waals surface area contributed by atoms with Crippen molar-refractivity contribution < 1.29 is 9.90 Å². The minimum atomic E-state index is -0.678. The average molecular weight is 227 g/mol. The van der Waals surface area contributed by atoms with Gasteiger partial charge in [-0.1, -0.05) is 13.8 Å². The molecule has 0 saturated carbocycles. The molecule has 0 aromatic heterocycles. The van der Waals surface area contributed by atoms with Crippen LogP contribution in [0.5, 0.6) is 0 Å². The fourth-order valence-electron chi connectivity index (χ4n) is 2.34. The number of aliphatic carboxylic acids is 1. The van der Waals surface area contributed by atoms with Crippen LogP contribution in [0.1, 0.15) is 52.9 Å². The number of carboxylic acids is 1. The molecule has 1 saturated heterocycles. The Morgan fingerprint density at radius 3 is 2.62 bits per heavy atom. The maximum absolute atomic E-state index is 10.5. The molecule has 1 unspecified atom stereocenters. The van der Waals surface area contributed by atoms with E-state index in [0.29, 0.717) is 6.42 Å². The second-order valence-electron chi connectivity index (χ2n) is 5.84. The van der Waals surface area contributed by atoms with Gasteiger partial charge in [-0.25, -0.2) is 0 Å². The molecule has 1 aliphatic rings. The summed E-state index contributed by atoms with van der Waals surface area (Å²) in [5, 5.41) is 8.69. The summed E-state index contributed by atoms with van der Waals surface area (Å²) in [5.41, 5.74) is 0.153. The van der Waals surface area contributed by atoms with E-state index in [0.717, 1.165) is 25.4 Å². The third-order valence-electron chi connectivity index (χ3n) is 3.78. The maximum Gasteiger partial charge on any atom is 0.303 e. The zero-order valence-electron chi connectivity index (χ0n) is 10.8. The predicted octanol–water partition coefficient (Wildman–Crippen LogP) is 2.75. The van der Waals surface area contributed by atoms with Crippen LogP contribution in [0.25, 0.3) is 0 Å². The third kappa shape index (κ3) is 4.52. The molecule has 3 heteroatoms. The number of nitrogens with zero attached hydrogens (tertiary/aromatic N) is 1. The lowest BCUT2D eigenvalue weighted by Crippen LogP contribution is -2.31. The van der Waals surface area contributed by atoms with Crippen molar-refractivity contribution in [3.8, 4) is 0 Å². The highest BCUT2D eigenvalue weighted by Crippen LogP contribution is 2.28. The Bertz CT molecular complexity index is 238. The summed E-state index contributed by atoms with van der Waals surface area (Å²) in [7, 11) is 0. The van der Waals surface area contributed by atoms with Crippen molar-refractivity contribution in [2.24, 2.45) is 5.41 Å². The van der Waals surface area contributed by atoms with Gasteiger partial charge in [0.15, 0.2) is 0 Å². The molecule has 0 bridgehead atoms. The van der Waals surface area contributed by atoms with Crippen molar-refractivity contribution in [2.45, 2.75) is 58.9 Å². The van der Waals surface area contributed by atoms with E-state index in [1.807, 2.05) is 0 Å². The molecule has 0 amide bonds. The van der Waals surface area contributed by atoms with E-state index in [9.17, 15) is 4.79 Å². The Morgan fingerprint density at radius 1 is 1.44 bits per heavy atom. The lowest BCUT2D eigenvalue weighted by molar-refractivity contribution is -0.137. The van der Waals surface area contributed by atoms with Crippen LogP contribution in [0.2, 0.25) is 0 Å². The molecule has 1 N–H and O–H groups in total. The van der Waals surface area contributed by atoms with Crippen LogP contribution in [0.15, 0.2) is 0 Å². The Hall–Kier alpha value is -0.570. The Morgan fingerprint density at radius 2 is 2.12 bits per heavy atom. The maximum atomic E-state index is 10.5. The average Bonchev–Trinajstić information content (AvgIpc) is 2.59. The van der Waals surface area contributed by atoms with Crippen LogP contribution >= 0.6 is 0 Å². The lowest BCUT2D eigenvalue weighted by Gasteiger charge is -2.28. The van der Waals surface area contributed by atoms with Gasteiger partial charge in [0.1, 0.15) is 0 Å². The molecular formula is C13H25NO2. The number of carboxylic acid groups (broad SMARTS) is 1. The molecule has 1 aliphatic heterocycles. The Labute approximate surface area is 98.8 Å². The molecule has 0 radical (unpaired) electrons. The first-order valence-corrected chi connectivity index (χ1v) is 6.36. The molecule has 0 aromatic rings. The minimum Gasteiger partial charge on any atom is -0.481 e. The molecule has 16 heavy (non-hydrogen) atoms. The van der Waals surface area contributed by atoms with E-state index in [1.54, 1.807) is 0 Å². The summed E-state index contributed by atoms with van der Waals surface area (Å²) in [6.07, 6.45) is 4.81. The first kappa shape index (κ1) is 13.5. The monoisotopic (exact) mass is 227 g/mol. The van der Waals surface area contributed by atoms with E-state index in [-0.39, 0.29) is 5.41 Å². The highest BCUT2D eigenvalue weighted by Gasteiger charge is 2.24. The molecule has 94 valence electrons. The van der Waals surface area contributed by atoms with Crippen LogP contribution in [0, 0.1) is 5.41 Å². The molecule has 0 aliphatic carbocycles. The quantitative estimate of drug-likeness (QED) is 0.758. The number of hydrogen-bond acceptors (Lipinski definition) is 2. The van der Waals surface area contributed by atoms with E-state index >= 15 is 0 Å². The van der Waals surface area contributed by atoms with Gasteiger partial charge in [0.05, 0.1) is 0 Å². The van der Waals surface area contributed by atoms with Crippen molar-refractivity contribution in [1.29, 1.82) is 0 Å². The van der Waals surface area contributed by atoms with Gasteiger partial charge in [-0.05, 0) is 51.1 Å². The van der Waals surface area contributed by atoms with Crippen LogP contribution in [-0.2, 0) is 4.79 Å². The molecular weight excluding hydrogens is 202 g/mol. The first-order chi connectivity index (χ1) is 7.41. The minimum absolute atomic E-state index is 0.153. The molecule has 1 rings (SSSR count). The molecule has 3 nitrogen and oxygen atoms in total. The van der Waals surface area contributed by atoms with Gasteiger partial charge < -0.3 is 10.0 Å².